The zero-order valence-corrected chi connectivity index (χ0v) is 10.1. The molecular formula is C9H6Br2N2. The van der Waals surface area contributed by atoms with Gasteiger partial charge >= 0.3 is 0 Å². The van der Waals surface area contributed by atoms with E-state index in [9.17, 15) is 0 Å². The zero-order chi connectivity index (χ0) is 9.42. The Morgan fingerprint density at radius 3 is 2.69 bits per heavy atom. The van der Waals surface area contributed by atoms with Crippen molar-refractivity contribution in [1.29, 1.82) is 0 Å². The standard InChI is InChI=1S/C9H6Br2N2/c1-5-2-3-7-6(4-5)8(10)13-9(11)12-7/h2-4H,1H3. The van der Waals surface area contributed by atoms with E-state index in [0.29, 0.717) is 4.73 Å². The number of fused-ring (bicyclic) bond motifs is 1. The van der Waals surface area contributed by atoms with Crippen LogP contribution >= 0.6 is 31.9 Å². The van der Waals surface area contributed by atoms with Crippen LogP contribution in [0.2, 0.25) is 0 Å². The van der Waals surface area contributed by atoms with Gasteiger partial charge in [0.05, 0.1) is 5.52 Å². The summed E-state index contributed by atoms with van der Waals surface area (Å²) in [6.07, 6.45) is 0. The highest BCUT2D eigenvalue weighted by molar-refractivity contribution is 9.11. The Labute approximate surface area is 92.7 Å². The maximum absolute atomic E-state index is 4.25. The summed E-state index contributed by atoms with van der Waals surface area (Å²) in [6, 6.07) is 6.09. The highest BCUT2D eigenvalue weighted by Crippen LogP contribution is 2.23. The van der Waals surface area contributed by atoms with Gasteiger partial charge in [0, 0.05) is 5.39 Å². The second kappa shape index (κ2) is 3.35. The SMILES string of the molecule is Cc1ccc2nc(Br)nc(Br)c2c1. The summed E-state index contributed by atoms with van der Waals surface area (Å²) in [7, 11) is 0. The first-order valence-corrected chi connectivity index (χ1v) is 5.35. The molecule has 0 aliphatic rings. The minimum atomic E-state index is 0.607. The van der Waals surface area contributed by atoms with Crippen LogP contribution in [0.1, 0.15) is 5.56 Å². The van der Waals surface area contributed by atoms with Crippen molar-refractivity contribution >= 4 is 42.8 Å². The van der Waals surface area contributed by atoms with Crippen LogP contribution in [0.15, 0.2) is 27.5 Å². The lowest BCUT2D eigenvalue weighted by atomic mass is 10.2. The lowest BCUT2D eigenvalue weighted by Gasteiger charge is -2.01. The highest BCUT2D eigenvalue weighted by atomic mass is 79.9. The molecular weight excluding hydrogens is 296 g/mol. The maximum atomic E-state index is 4.25. The molecule has 4 heteroatoms. The fraction of sp³-hybridized carbons (Fsp3) is 0.111. The number of nitrogens with zero attached hydrogens (tertiary/aromatic N) is 2. The fourth-order valence-corrected chi connectivity index (χ4v) is 2.27. The Balaban J connectivity index is 2.87. The molecule has 2 nitrogen and oxygen atoms in total. The lowest BCUT2D eigenvalue weighted by molar-refractivity contribution is 1.13. The van der Waals surface area contributed by atoms with Crippen molar-refractivity contribution in [3.8, 4) is 0 Å². The summed E-state index contributed by atoms with van der Waals surface area (Å²) in [5.41, 5.74) is 2.15. The molecule has 1 aromatic carbocycles. The number of rotatable bonds is 0. The fourth-order valence-electron chi connectivity index (χ4n) is 1.18. The molecule has 66 valence electrons. The van der Waals surface area contributed by atoms with Crippen molar-refractivity contribution in [2.24, 2.45) is 0 Å². The normalized spacial score (nSPS) is 10.7. The number of aryl methyl sites for hydroxylation is 1. The molecule has 0 amide bonds. The predicted molar refractivity (Wildman–Crippen MR) is 59.7 cm³/mol. The summed E-state index contributed by atoms with van der Waals surface area (Å²) in [5, 5.41) is 1.04. The smallest absolute Gasteiger partial charge is 0.198 e. The van der Waals surface area contributed by atoms with Crippen LogP contribution in [0.4, 0.5) is 0 Å². The van der Waals surface area contributed by atoms with Gasteiger partial charge < -0.3 is 0 Å². The summed E-state index contributed by atoms with van der Waals surface area (Å²) < 4.78 is 1.43. The van der Waals surface area contributed by atoms with E-state index in [1.54, 1.807) is 0 Å². The third-order valence-electron chi connectivity index (χ3n) is 1.78. The minimum Gasteiger partial charge on any atom is -0.222 e. The molecule has 0 atom stereocenters. The highest BCUT2D eigenvalue weighted by Gasteiger charge is 2.02. The largest absolute Gasteiger partial charge is 0.222 e. The molecule has 2 aromatic rings. The Kier molecular flexibility index (Phi) is 2.34. The summed E-state index contributed by atoms with van der Waals surface area (Å²) in [5.74, 6) is 0. The van der Waals surface area contributed by atoms with E-state index in [2.05, 4.69) is 47.9 Å². The first-order valence-electron chi connectivity index (χ1n) is 3.76. The van der Waals surface area contributed by atoms with Crippen LogP contribution in [0.3, 0.4) is 0 Å². The van der Waals surface area contributed by atoms with Crippen molar-refractivity contribution in [1.82, 2.24) is 9.97 Å². The van der Waals surface area contributed by atoms with E-state index < -0.39 is 0 Å². The molecule has 0 saturated heterocycles. The van der Waals surface area contributed by atoms with Crippen LogP contribution in [0, 0.1) is 6.92 Å². The molecule has 0 spiro atoms. The number of benzene rings is 1. The quantitative estimate of drug-likeness (QED) is 0.550. The molecule has 0 aliphatic carbocycles. The van der Waals surface area contributed by atoms with Gasteiger partial charge in [-0.15, -0.1) is 0 Å². The summed E-state index contributed by atoms with van der Waals surface area (Å²) in [6.45, 7) is 2.05. The Morgan fingerprint density at radius 2 is 1.92 bits per heavy atom. The van der Waals surface area contributed by atoms with E-state index in [0.717, 1.165) is 15.5 Å². The van der Waals surface area contributed by atoms with Gasteiger partial charge in [-0.3, -0.25) is 0 Å². The number of halogens is 2. The van der Waals surface area contributed by atoms with Gasteiger partial charge in [-0.05, 0) is 50.9 Å². The Bertz CT molecular complexity index is 468. The van der Waals surface area contributed by atoms with E-state index in [-0.39, 0.29) is 0 Å². The van der Waals surface area contributed by atoms with Crippen LogP contribution in [-0.2, 0) is 0 Å². The molecule has 0 radical (unpaired) electrons. The van der Waals surface area contributed by atoms with E-state index in [1.807, 2.05) is 19.1 Å². The predicted octanol–water partition coefficient (Wildman–Crippen LogP) is 3.46. The molecule has 0 unspecified atom stereocenters. The molecule has 1 heterocycles. The first-order chi connectivity index (χ1) is 6.16. The first kappa shape index (κ1) is 9.09. The molecule has 13 heavy (non-hydrogen) atoms. The second-order valence-corrected chi connectivity index (χ2v) is 4.26. The van der Waals surface area contributed by atoms with Gasteiger partial charge in [0.1, 0.15) is 4.60 Å². The van der Waals surface area contributed by atoms with Crippen molar-refractivity contribution in [3.05, 3.63) is 33.1 Å². The van der Waals surface area contributed by atoms with Gasteiger partial charge in [-0.25, -0.2) is 9.97 Å². The van der Waals surface area contributed by atoms with E-state index in [4.69, 9.17) is 0 Å². The van der Waals surface area contributed by atoms with Gasteiger partial charge in [-0.2, -0.15) is 0 Å². The second-order valence-electron chi connectivity index (χ2n) is 2.80. The Hall–Kier alpha value is -0.480. The van der Waals surface area contributed by atoms with Gasteiger partial charge in [-0.1, -0.05) is 11.6 Å². The average molecular weight is 302 g/mol. The van der Waals surface area contributed by atoms with Gasteiger partial charge in [0.15, 0.2) is 4.73 Å². The zero-order valence-electron chi connectivity index (χ0n) is 6.88. The topological polar surface area (TPSA) is 25.8 Å². The minimum absolute atomic E-state index is 0.607. The number of hydrogen-bond acceptors (Lipinski definition) is 2. The molecule has 2 rings (SSSR count). The third-order valence-corrected chi connectivity index (χ3v) is 2.74. The average Bonchev–Trinajstić information content (AvgIpc) is 2.06. The lowest BCUT2D eigenvalue weighted by Crippen LogP contribution is -1.87. The molecule has 0 saturated carbocycles. The molecule has 0 aliphatic heterocycles. The number of hydrogen-bond donors (Lipinski definition) is 0. The van der Waals surface area contributed by atoms with E-state index >= 15 is 0 Å². The summed E-state index contributed by atoms with van der Waals surface area (Å²) in [4.78, 5) is 8.42. The third kappa shape index (κ3) is 1.74. The maximum Gasteiger partial charge on any atom is 0.198 e. The van der Waals surface area contributed by atoms with Crippen LogP contribution < -0.4 is 0 Å². The van der Waals surface area contributed by atoms with Gasteiger partial charge in [0.25, 0.3) is 0 Å². The van der Waals surface area contributed by atoms with Crippen molar-refractivity contribution < 1.29 is 0 Å². The van der Waals surface area contributed by atoms with Crippen molar-refractivity contribution in [2.75, 3.05) is 0 Å². The van der Waals surface area contributed by atoms with Crippen LogP contribution in [0.25, 0.3) is 10.9 Å². The molecule has 0 N–H and O–H groups in total. The van der Waals surface area contributed by atoms with Crippen LogP contribution in [-0.4, -0.2) is 9.97 Å². The van der Waals surface area contributed by atoms with Crippen molar-refractivity contribution in [2.45, 2.75) is 6.92 Å². The monoisotopic (exact) mass is 300 g/mol. The Morgan fingerprint density at radius 1 is 1.15 bits per heavy atom. The summed E-state index contributed by atoms with van der Waals surface area (Å²) >= 11 is 6.65. The van der Waals surface area contributed by atoms with Crippen molar-refractivity contribution in [3.63, 3.8) is 0 Å². The van der Waals surface area contributed by atoms with E-state index in [1.165, 1.54) is 5.56 Å². The molecule has 0 fully saturated rings. The molecule has 0 bridgehead atoms. The molecule has 1 aromatic heterocycles. The van der Waals surface area contributed by atoms with Crippen LogP contribution in [0.5, 0.6) is 0 Å². The number of aromatic nitrogens is 2. The van der Waals surface area contributed by atoms with Gasteiger partial charge in [0.2, 0.25) is 0 Å².